The maximum Gasteiger partial charge on any atom is 0.328 e. The molecule has 10 heteroatoms. The highest BCUT2D eigenvalue weighted by Crippen LogP contribution is 2.37. The Balaban J connectivity index is 0.000000265. The smallest absolute Gasteiger partial charge is 0.328 e. The standard InChI is InChI=1S/C18H19N3OS2.C4H4O4/c1-21-13-3-4-14(21)10-15(9-13)22-18-20-19-17(24-18)12-2-5-16-11(8-12)6-7-23-16;5-3(6)1-2-4(7)8/h2,5-8,13-15H,3-4,9-10H2,1H3;1-2H,(H,5,6)(H,7,8)/b;2-1+. The summed E-state index contributed by atoms with van der Waals surface area (Å²) in [5, 5.41) is 29.3. The van der Waals surface area contributed by atoms with E-state index >= 15 is 0 Å². The molecule has 0 saturated carbocycles. The highest BCUT2D eigenvalue weighted by atomic mass is 32.1. The third kappa shape index (κ3) is 5.32. The molecule has 3 aromatic rings. The SMILES string of the molecule is CN1C2CCC1CC(Oc1nnc(-c3ccc4sccc4c3)s1)C2.O=C(O)/C=C/C(=O)O. The molecule has 2 unspecified atom stereocenters. The number of aliphatic carboxylic acids is 2. The molecule has 4 heterocycles. The topological polar surface area (TPSA) is 113 Å². The molecule has 0 amide bonds. The lowest BCUT2D eigenvalue weighted by Crippen LogP contribution is -2.43. The quantitative estimate of drug-likeness (QED) is 0.532. The van der Waals surface area contributed by atoms with Crippen molar-refractivity contribution in [2.24, 2.45) is 0 Å². The number of benzene rings is 1. The Morgan fingerprint density at radius 1 is 1.09 bits per heavy atom. The minimum absolute atomic E-state index is 0.291. The Kier molecular flexibility index (Phi) is 6.83. The van der Waals surface area contributed by atoms with E-state index in [1.807, 2.05) is 0 Å². The molecule has 2 fully saturated rings. The summed E-state index contributed by atoms with van der Waals surface area (Å²) in [7, 11) is 2.25. The molecular formula is C22H23N3O5S2. The Bertz CT molecular complexity index is 1110. The first-order valence-electron chi connectivity index (χ1n) is 10.2. The van der Waals surface area contributed by atoms with Gasteiger partial charge in [-0.25, -0.2) is 9.59 Å². The van der Waals surface area contributed by atoms with Gasteiger partial charge in [0.15, 0.2) is 5.01 Å². The first kappa shape index (κ1) is 22.4. The molecule has 2 N–H and O–H groups in total. The van der Waals surface area contributed by atoms with E-state index in [2.05, 4.69) is 51.8 Å². The second-order valence-corrected chi connectivity index (χ2v) is 9.71. The summed E-state index contributed by atoms with van der Waals surface area (Å²) >= 11 is 3.32. The van der Waals surface area contributed by atoms with Gasteiger partial charge >= 0.3 is 11.9 Å². The fraction of sp³-hybridized carbons (Fsp3) is 0.364. The van der Waals surface area contributed by atoms with Crippen LogP contribution in [0, 0.1) is 0 Å². The average Bonchev–Trinajstić information content (AvgIpc) is 3.45. The second-order valence-electron chi connectivity index (χ2n) is 7.82. The van der Waals surface area contributed by atoms with Gasteiger partial charge in [0.1, 0.15) is 6.10 Å². The highest BCUT2D eigenvalue weighted by molar-refractivity contribution is 7.17. The van der Waals surface area contributed by atoms with Gasteiger partial charge in [-0.1, -0.05) is 22.5 Å². The number of rotatable bonds is 5. The molecule has 0 radical (unpaired) electrons. The van der Waals surface area contributed by atoms with Crippen molar-refractivity contribution in [1.82, 2.24) is 15.1 Å². The second kappa shape index (κ2) is 9.76. The minimum atomic E-state index is -1.26. The Hall–Kier alpha value is -2.82. The van der Waals surface area contributed by atoms with Crippen molar-refractivity contribution in [3.8, 4) is 15.8 Å². The zero-order valence-electron chi connectivity index (χ0n) is 17.4. The van der Waals surface area contributed by atoms with Crippen molar-refractivity contribution in [2.75, 3.05) is 7.05 Å². The Morgan fingerprint density at radius 3 is 2.44 bits per heavy atom. The summed E-state index contributed by atoms with van der Waals surface area (Å²) in [5.41, 5.74) is 1.12. The van der Waals surface area contributed by atoms with Crippen molar-refractivity contribution < 1.29 is 24.5 Å². The summed E-state index contributed by atoms with van der Waals surface area (Å²) in [5.74, 6) is -2.51. The van der Waals surface area contributed by atoms with Crippen LogP contribution in [0.3, 0.4) is 0 Å². The van der Waals surface area contributed by atoms with Gasteiger partial charge in [0.25, 0.3) is 5.19 Å². The predicted octanol–water partition coefficient (Wildman–Crippen LogP) is 4.14. The molecule has 2 saturated heterocycles. The molecule has 1 aromatic carbocycles. The van der Waals surface area contributed by atoms with Crippen LogP contribution < -0.4 is 4.74 Å². The number of aromatic nitrogens is 2. The third-order valence-electron chi connectivity index (χ3n) is 5.80. The number of piperidine rings is 1. The summed E-state index contributed by atoms with van der Waals surface area (Å²) in [4.78, 5) is 21.6. The summed E-state index contributed by atoms with van der Waals surface area (Å²) in [6.45, 7) is 0. The van der Waals surface area contributed by atoms with Gasteiger partial charge in [-0.15, -0.1) is 16.4 Å². The highest BCUT2D eigenvalue weighted by Gasteiger charge is 2.39. The van der Waals surface area contributed by atoms with E-state index in [1.54, 1.807) is 22.7 Å². The molecule has 168 valence electrons. The van der Waals surface area contributed by atoms with Crippen LogP contribution in [0.2, 0.25) is 0 Å². The zero-order valence-corrected chi connectivity index (χ0v) is 19.0. The van der Waals surface area contributed by atoms with E-state index in [0.29, 0.717) is 35.5 Å². The average molecular weight is 474 g/mol. The lowest BCUT2D eigenvalue weighted by Gasteiger charge is -2.35. The number of carboxylic acid groups (broad SMARTS) is 2. The lowest BCUT2D eigenvalue weighted by molar-refractivity contribution is -0.134. The Morgan fingerprint density at radius 2 is 1.78 bits per heavy atom. The number of nitrogens with zero attached hydrogens (tertiary/aromatic N) is 3. The maximum atomic E-state index is 9.55. The number of thiophene rings is 1. The summed E-state index contributed by atoms with van der Waals surface area (Å²) < 4.78 is 7.49. The molecule has 0 spiro atoms. The number of carboxylic acids is 2. The fourth-order valence-electron chi connectivity index (χ4n) is 4.22. The number of ether oxygens (including phenoxy) is 1. The zero-order chi connectivity index (χ0) is 22.7. The largest absolute Gasteiger partial charge is 0.478 e. The van der Waals surface area contributed by atoms with E-state index in [-0.39, 0.29) is 0 Å². The van der Waals surface area contributed by atoms with Crippen molar-refractivity contribution in [3.05, 3.63) is 41.8 Å². The maximum absolute atomic E-state index is 9.55. The van der Waals surface area contributed by atoms with Crippen molar-refractivity contribution in [1.29, 1.82) is 0 Å². The van der Waals surface area contributed by atoms with Gasteiger partial charge in [-0.3, -0.25) is 0 Å². The van der Waals surface area contributed by atoms with E-state index in [0.717, 1.165) is 23.4 Å². The molecule has 2 atom stereocenters. The van der Waals surface area contributed by atoms with Gasteiger partial charge in [0, 0.05) is 34.5 Å². The van der Waals surface area contributed by atoms with E-state index in [9.17, 15) is 9.59 Å². The van der Waals surface area contributed by atoms with Crippen LogP contribution >= 0.6 is 22.7 Å². The van der Waals surface area contributed by atoms with Crippen LogP contribution in [0.15, 0.2) is 41.8 Å². The van der Waals surface area contributed by atoms with Gasteiger partial charge in [-0.05, 0) is 61.7 Å². The summed E-state index contributed by atoms with van der Waals surface area (Å²) in [6, 6.07) is 9.98. The molecule has 0 aliphatic carbocycles. The van der Waals surface area contributed by atoms with Crippen LogP contribution in [0.1, 0.15) is 25.7 Å². The first-order chi connectivity index (χ1) is 15.4. The van der Waals surface area contributed by atoms with Gasteiger partial charge in [0.2, 0.25) is 0 Å². The van der Waals surface area contributed by atoms with Crippen molar-refractivity contribution in [2.45, 2.75) is 43.9 Å². The predicted molar refractivity (Wildman–Crippen MR) is 123 cm³/mol. The molecular weight excluding hydrogens is 450 g/mol. The molecule has 5 rings (SSSR count). The van der Waals surface area contributed by atoms with E-state index < -0.39 is 11.9 Å². The van der Waals surface area contributed by atoms with Crippen LogP contribution in [0.4, 0.5) is 0 Å². The van der Waals surface area contributed by atoms with Gasteiger partial charge in [0.05, 0.1) is 0 Å². The fourth-order valence-corrected chi connectivity index (χ4v) is 5.75. The normalized spacial score (nSPS) is 22.6. The molecule has 2 aliphatic heterocycles. The van der Waals surface area contributed by atoms with Crippen LogP contribution in [0.25, 0.3) is 20.7 Å². The van der Waals surface area contributed by atoms with Crippen LogP contribution in [0.5, 0.6) is 5.19 Å². The van der Waals surface area contributed by atoms with Gasteiger partial charge in [-0.2, -0.15) is 0 Å². The first-order valence-corrected chi connectivity index (χ1v) is 11.9. The van der Waals surface area contributed by atoms with Crippen molar-refractivity contribution >= 4 is 44.7 Å². The number of hydrogen-bond donors (Lipinski definition) is 2. The number of carbonyl (C=O) groups is 2. The molecule has 2 aromatic heterocycles. The molecule has 8 nitrogen and oxygen atoms in total. The minimum Gasteiger partial charge on any atom is -0.478 e. The molecule has 32 heavy (non-hydrogen) atoms. The summed E-state index contributed by atoms with van der Waals surface area (Å²) in [6.07, 6.45) is 6.25. The van der Waals surface area contributed by atoms with Crippen LogP contribution in [-0.2, 0) is 9.59 Å². The third-order valence-corrected chi connectivity index (χ3v) is 7.56. The van der Waals surface area contributed by atoms with Crippen LogP contribution in [-0.4, -0.2) is 62.5 Å². The molecule has 2 bridgehead atoms. The number of hydrogen-bond acceptors (Lipinski definition) is 8. The lowest BCUT2D eigenvalue weighted by atomic mass is 10.0. The molecule has 2 aliphatic rings. The van der Waals surface area contributed by atoms with Gasteiger partial charge < -0.3 is 19.8 Å². The van der Waals surface area contributed by atoms with E-state index in [1.165, 1.54) is 22.9 Å². The monoisotopic (exact) mass is 473 g/mol. The van der Waals surface area contributed by atoms with Crippen molar-refractivity contribution in [3.63, 3.8) is 0 Å². The van der Waals surface area contributed by atoms with E-state index in [4.69, 9.17) is 14.9 Å². The Labute approximate surface area is 192 Å². The number of fused-ring (bicyclic) bond motifs is 3.